The number of nitrogens with one attached hydrogen (secondary N) is 2. The van der Waals surface area contributed by atoms with Crippen LogP contribution in [0.1, 0.15) is 29.0 Å². The van der Waals surface area contributed by atoms with E-state index in [1.54, 1.807) is 0 Å². The molecule has 5 heteroatoms. The summed E-state index contributed by atoms with van der Waals surface area (Å²) in [5, 5.41) is 16.8. The van der Waals surface area contributed by atoms with Crippen molar-refractivity contribution in [3.63, 3.8) is 0 Å². The molecule has 8 aromatic carbocycles. The molecule has 0 aliphatic carbocycles. The molecule has 0 amide bonds. The third-order valence-electron chi connectivity index (χ3n) is 10.5. The minimum atomic E-state index is -0.255. The lowest BCUT2D eigenvalue weighted by molar-refractivity contribution is 0.411. The predicted octanol–water partition coefficient (Wildman–Crippen LogP) is 11.8. The molecule has 2 aromatic heterocycles. The quantitative estimate of drug-likeness (QED) is 0.196. The first-order valence-corrected chi connectivity index (χ1v) is 17.7. The number of amidine groups is 1. The van der Waals surface area contributed by atoms with E-state index in [0.717, 1.165) is 77.5 Å². The van der Waals surface area contributed by atoms with Gasteiger partial charge in [0.2, 0.25) is 0 Å². The number of benzene rings is 8. The summed E-state index contributed by atoms with van der Waals surface area (Å²) in [7, 11) is 0. The SMILES string of the molecule is c1ccc(C2N=C(c3ccc4ccccc4c3)NC(c3cccc4oc5cccc(-c6ccc7oc8cc9ccccc9cc8c7c6)c5c34)N2)cc1. The van der Waals surface area contributed by atoms with Crippen LogP contribution in [0.5, 0.6) is 0 Å². The zero-order valence-electron chi connectivity index (χ0n) is 28.0. The Morgan fingerprint density at radius 2 is 1.13 bits per heavy atom. The molecule has 246 valence electrons. The highest BCUT2D eigenvalue weighted by Crippen LogP contribution is 2.42. The number of rotatable bonds is 4. The van der Waals surface area contributed by atoms with E-state index in [0.29, 0.717) is 0 Å². The normalized spacial score (nSPS) is 16.3. The number of aliphatic imine (C=N–C) groups is 1. The van der Waals surface area contributed by atoms with Gasteiger partial charge in [-0.15, -0.1) is 0 Å². The van der Waals surface area contributed by atoms with E-state index < -0.39 is 0 Å². The molecule has 0 radical (unpaired) electrons. The minimum absolute atomic E-state index is 0.254. The molecule has 0 spiro atoms. The van der Waals surface area contributed by atoms with E-state index in [4.69, 9.17) is 13.8 Å². The molecule has 2 unspecified atom stereocenters. The standard InChI is InChI=1S/C47H31N3O2/c1-2-11-29(12-3-1)45-48-46(34-21-20-28-10-4-5-13-30(28)24-34)50-47(49-45)36-17-9-19-41-44(36)43-35(16-8-18-40(43)52-41)33-22-23-39-37(26-33)38-25-31-14-6-7-15-32(31)27-42(38)51-39/h1-27,45,47,49H,(H,48,50). The molecular formula is C47H31N3O2. The maximum absolute atomic E-state index is 6.60. The Morgan fingerprint density at radius 3 is 1.98 bits per heavy atom. The molecule has 3 heterocycles. The highest BCUT2D eigenvalue weighted by atomic mass is 16.3. The summed E-state index contributed by atoms with van der Waals surface area (Å²) in [4.78, 5) is 5.23. The molecule has 52 heavy (non-hydrogen) atoms. The summed E-state index contributed by atoms with van der Waals surface area (Å²) in [5.74, 6) is 0.846. The van der Waals surface area contributed by atoms with Gasteiger partial charge in [-0.2, -0.15) is 0 Å². The summed E-state index contributed by atoms with van der Waals surface area (Å²) in [6.45, 7) is 0. The van der Waals surface area contributed by atoms with Gasteiger partial charge >= 0.3 is 0 Å². The summed E-state index contributed by atoms with van der Waals surface area (Å²) in [5.41, 5.74) is 8.93. The molecule has 0 saturated heterocycles. The molecule has 2 N–H and O–H groups in total. The second kappa shape index (κ2) is 11.4. The van der Waals surface area contributed by atoms with Gasteiger partial charge in [0, 0.05) is 32.7 Å². The van der Waals surface area contributed by atoms with Crippen molar-refractivity contribution in [1.29, 1.82) is 0 Å². The molecule has 5 nitrogen and oxygen atoms in total. The maximum atomic E-state index is 6.60. The summed E-state index contributed by atoms with van der Waals surface area (Å²) >= 11 is 0. The summed E-state index contributed by atoms with van der Waals surface area (Å²) in [6.07, 6.45) is -0.509. The van der Waals surface area contributed by atoms with Crippen LogP contribution in [0.2, 0.25) is 0 Å². The molecule has 2 atom stereocenters. The average Bonchev–Trinajstić information content (AvgIpc) is 3.77. The molecular weight excluding hydrogens is 639 g/mol. The Labute approximate surface area is 298 Å². The maximum Gasteiger partial charge on any atom is 0.136 e. The lowest BCUT2D eigenvalue weighted by Crippen LogP contribution is -2.45. The first-order chi connectivity index (χ1) is 25.7. The van der Waals surface area contributed by atoms with Crippen LogP contribution in [0.4, 0.5) is 0 Å². The Morgan fingerprint density at radius 1 is 0.462 bits per heavy atom. The Balaban J connectivity index is 1.08. The van der Waals surface area contributed by atoms with Gasteiger partial charge in [0.25, 0.3) is 0 Å². The zero-order chi connectivity index (χ0) is 34.2. The van der Waals surface area contributed by atoms with Crippen LogP contribution in [0, 0.1) is 0 Å². The van der Waals surface area contributed by atoms with Crippen LogP contribution in [0.3, 0.4) is 0 Å². The second-order valence-corrected chi connectivity index (χ2v) is 13.6. The number of furan rings is 2. The van der Waals surface area contributed by atoms with Crippen molar-refractivity contribution in [2.24, 2.45) is 4.99 Å². The molecule has 1 aliphatic rings. The van der Waals surface area contributed by atoms with Crippen LogP contribution in [0.25, 0.3) is 76.5 Å². The number of hydrogen-bond acceptors (Lipinski definition) is 5. The van der Waals surface area contributed by atoms with E-state index in [9.17, 15) is 0 Å². The van der Waals surface area contributed by atoms with E-state index in [1.165, 1.54) is 21.5 Å². The largest absolute Gasteiger partial charge is 0.456 e. The summed E-state index contributed by atoms with van der Waals surface area (Å²) < 4.78 is 13.0. The van der Waals surface area contributed by atoms with E-state index in [1.807, 2.05) is 6.07 Å². The number of hydrogen-bond donors (Lipinski definition) is 2. The lowest BCUT2D eigenvalue weighted by atomic mass is 9.95. The minimum Gasteiger partial charge on any atom is -0.456 e. The first-order valence-electron chi connectivity index (χ1n) is 17.7. The average molecular weight is 670 g/mol. The van der Waals surface area contributed by atoms with Crippen molar-refractivity contribution in [3.8, 4) is 11.1 Å². The topological polar surface area (TPSA) is 62.7 Å². The van der Waals surface area contributed by atoms with Gasteiger partial charge < -0.3 is 14.2 Å². The van der Waals surface area contributed by atoms with E-state index in [-0.39, 0.29) is 12.3 Å². The van der Waals surface area contributed by atoms with Crippen molar-refractivity contribution in [2.75, 3.05) is 0 Å². The van der Waals surface area contributed by atoms with Crippen molar-refractivity contribution < 1.29 is 8.83 Å². The van der Waals surface area contributed by atoms with E-state index in [2.05, 4.69) is 168 Å². The highest BCUT2D eigenvalue weighted by molar-refractivity contribution is 6.16. The molecule has 1 aliphatic heterocycles. The third kappa shape index (κ3) is 4.64. The fourth-order valence-corrected chi connectivity index (χ4v) is 8.01. The first kappa shape index (κ1) is 29.1. The molecule has 0 bridgehead atoms. The smallest absolute Gasteiger partial charge is 0.136 e. The zero-order valence-corrected chi connectivity index (χ0v) is 28.0. The third-order valence-corrected chi connectivity index (χ3v) is 10.5. The Bertz CT molecular complexity index is 3050. The van der Waals surface area contributed by atoms with Gasteiger partial charge in [-0.25, -0.2) is 4.99 Å². The van der Waals surface area contributed by atoms with Crippen molar-refractivity contribution in [1.82, 2.24) is 10.6 Å². The highest BCUT2D eigenvalue weighted by Gasteiger charge is 2.28. The monoisotopic (exact) mass is 669 g/mol. The van der Waals surface area contributed by atoms with Crippen LogP contribution in [-0.2, 0) is 0 Å². The molecule has 0 fully saturated rings. The van der Waals surface area contributed by atoms with Gasteiger partial charge in [-0.1, -0.05) is 121 Å². The fraction of sp³-hybridized carbons (Fsp3) is 0.0426. The predicted molar refractivity (Wildman–Crippen MR) is 213 cm³/mol. The Kier molecular flexibility index (Phi) is 6.39. The van der Waals surface area contributed by atoms with Crippen LogP contribution in [0.15, 0.2) is 178 Å². The van der Waals surface area contributed by atoms with Gasteiger partial charge in [0.15, 0.2) is 0 Å². The second-order valence-electron chi connectivity index (χ2n) is 13.6. The van der Waals surface area contributed by atoms with Crippen LogP contribution in [-0.4, -0.2) is 5.84 Å². The summed E-state index contributed by atoms with van der Waals surface area (Å²) in [6, 6.07) is 57.5. The van der Waals surface area contributed by atoms with E-state index >= 15 is 0 Å². The van der Waals surface area contributed by atoms with Crippen molar-refractivity contribution in [2.45, 2.75) is 12.3 Å². The molecule has 11 rings (SSSR count). The van der Waals surface area contributed by atoms with Crippen LogP contribution < -0.4 is 10.6 Å². The van der Waals surface area contributed by atoms with Crippen LogP contribution >= 0.6 is 0 Å². The fourth-order valence-electron chi connectivity index (χ4n) is 8.01. The van der Waals surface area contributed by atoms with Crippen molar-refractivity contribution >= 4 is 71.3 Å². The number of fused-ring (bicyclic) bond motifs is 8. The lowest BCUT2D eigenvalue weighted by Gasteiger charge is -2.32. The molecule has 10 aromatic rings. The van der Waals surface area contributed by atoms with Gasteiger partial charge in [0.1, 0.15) is 40.5 Å². The number of nitrogens with zero attached hydrogens (tertiary/aromatic N) is 1. The van der Waals surface area contributed by atoms with Gasteiger partial charge in [-0.3, -0.25) is 5.32 Å². The van der Waals surface area contributed by atoms with Gasteiger partial charge in [0.05, 0.1) is 0 Å². The van der Waals surface area contributed by atoms with Gasteiger partial charge in [-0.05, 0) is 80.7 Å². The van der Waals surface area contributed by atoms with Crippen molar-refractivity contribution in [3.05, 3.63) is 180 Å². The Hall–Kier alpha value is -6.69. The molecule has 0 saturated carbocycles.